The molecule has 0 heterocycles. The molecule has 0 spiro atoms. The summed E-state index contributed by atoms with van der Waals surface area (Å²) >= 11 is 3.36. The van der Waals surface area contributed by atoms with Crippen molar-refractivity contribution in [3.05, 3.63) is 52.8 Å². The normalized spacial score (nSPS) is 10.3. The van der Waals surface area contributed by atoms with Gasteiger partial charge in [0.1, 0.15) is 5.82 Å². The average Bonchev–Trinajstić information content (AvgIpc) is 2.29. The number of halogens is 2. The zero-order chi connectivity index (χ0) is 12.4. The highest BCUT2D eigenvalue weighted by molar-refractivity contribution is 9.10. The Morgan fingerprint density at radius 1 is 1.12 bits per heavy atom. The van der Waals surface area contributed by atoms with E-state index in [1.807, 2.05) is 30.1 Å². The van der Waals surface area contributed by atoms with E-state index in [1.54, 1.807) is 12.1 Å². The van der Waals surface area contributed by atoms with Crippen LogP contribution >= 0.6 is 15.9 Å². The fourth-order valence-electron chi connectivity index (χ4n) is 1.63. The van der Waals surface area contributed by atoms with Crippen LogP contribution < -0.4 is 10.6 Å². The maximum atomic E-state index is 12.8. The van der Waals surface area contributed by atoms with E-state index in [0.717, 1.165) is 15.8 Å². The highest BCUT2D eigenvalue weighted by Gasteiger charge is 2.07. The summed E-state index contributed by atoms with van der Waals surface area (Å²) in [6.45, 7) is 0. The van der Waals surface area contributed by atoms with Crippen molar-refractivity contribution < 1.29 is 4.39 Å². The SMILES string of the molecule is CN(c1ccc(F)cc1)c1ccc(Br)cc1N. The van der Waals surface area contributed by atoms with Crippen LogP contribution in [0.25, 0.3) is 0 Å². The fourth-order valence-corrected chi connectivity index (χ4v) is 2.01. The first kappa shape index (κ1) is 11.9. The maximum absolute atomic E-state index is 12.8. The molecule has 2 rings (SSSR count). The molecule has 2 N–H and O–H groups in total. The van der Waals surface area contributed by atoms with Crippen LogP contribution in [-0.4, -0.2) is 7.05 Å². The molecule has 2 nitrogen and oxygen atoms in total. The minimum absolute atomic E-state index is 0.245. The monoisotopic (exact) mass is 294 g/mol. The standard InChI is InChI=1S/C13H12BrFN2/c1-17(11-5-3-10(15)4-6-11)13-7-2-9(14)8-12(13)16/h2-8H,16H2,1H3. The van der Waals surface area contributed by atoms with E-state index in [4.69, 9.17) is 5.73 Å². The lowest BCUT2D eigenvalue weighted by molar-refractivity contribution is 0.628. The summed E-state index contributed by atoms with van der Waals surface area (Å²) in [6.07, 6.45) is 0. The van der Waals surface area contributed by atoms with Crippen molar-refractivity contribution in [2.24, 2.45) is 0 Å². The second kappa shape index (κ2) is 4.75. The lowest BCUT2D eigenvalue weighted by atomic mass is 10.2. The van der Waals surface area contributed by atoms with Crippen LogP contribution in [0.15, 0.2) is 46.9 Å². The van der Waals surface area contributed by atoms with Crippen LogP contribution in [0.3, 0.4) is 0 Å². The summed E-state index contributed by atoms with van der Waals surface area (Å²) in [5.74, 6) is -0.245. The Morgan fingerprint density at radius 3 is 2.35 bits per heavy atom. The quantitative estimate of drug-likeness (QED) is 0.850. The van der Waals surface area contributed by atoms with Gasteiger partial charge in [-0.05, 0) is 42.5 Å². The minimum atomic E-state index is -0.245. The average molecular weight is 295 g/mol. The zero-order valence-corrected chi connectivity index (χ0v) is 10.9. The lowest BCUT2D eigenvalue weighted by Gasteiger charge is -2.21. The summed E-state index contributed by atoms with van der Waals surface area (Å²) in [7, 11) is 1.90. The smallest absolute Gasteiger partial charge is 0.123 e. The lowest BCUT2D eigenvalue weighted by Crippen LogP contribution is -2.11. The van der Waals surface area contributed by atoms with Crippen LogP contribution in [0, 0.1) is 5.82 Å². The molecular formula is C13H12BrFN2. The van der Waals surface area contributed by atoms with Gasteiger partial charge in [-0.2, -0.15) is 0 Å². The third kappa shape index (κ3) is 2.58. The summed E-state index contributed by atoms with van der Waals surface area (Å²) < 4.78 is 13.8. The molecular weight excluding hydrogens is 283 g/mol. The van der Waals surface area contributed by atoms with Gasteiger partial charge in [-0.3, -0.25) is 0 Å². The Balaban J connectivity index is 2.36. The van der Waals surface area contributed by atoms with E-state index in [-0.39, 0.29) is 5.82 Å². The number of nitrogens with two attached hydrogens (primary N) is 1. The molecule has 0 radical (unpaired) electrons. The predicted molar refractivity (Wildman–Crippen MR) is 73.0 cm³/mol. The first-order chi connectivity index (χ1) is 8.08. The van der Waals surface area contributed by atoms with E-state index >= 15 is 0 Å². The number of anilines is 3. The van der Waals surface area contributed by atoms with Gasteiger partial charge < -0.3 is 10.6 Å². The van der Waals surface area contributed by atoms with E-state index in [9.17, 15) is 4.39 Å². The van der Waals surface area contributed by atoms with Gasteiger partial charge in [0.2, 0.25) is 0 Å². The molecule has 4 heteroatoms. The Kier molecular flexibility index (Phi) is 3.33. The molecule has 0 aliphatic heterocycles. The summed E-state index contributed by atoms with van der Waals surface area (Å²) in [5.41, 5.74) is 8.39. The fraction of sp³-hybridized carbons (Fsp3) is 0.0769. The van der Waals surface area contributed by atoms with E-state index in [1.165, 1.54) is 12.1 Å². The first-order valence-electron chi connectivity index (χ1n) is 5.12. The molecule has 88 valence electrons. The van der Waals surface area contributed by atoms with Crippen molar-refractivity contribution in [1.82, 2.24) is 0 Å². The third-order valence-electron chi connectivity index (χ3n) is 2.56. The number of benzene rings is 2. The molecule has 2 aromatic carbocycles. The molecule has 0 aromatic heterocycles. The van der Waals surface area contributed by atoms with Crippen molar-refractivity contribution in [3.63, 3.8) is 0 Å². The number of nitrogens with zero attached hydrogens (tertiary/aromatic N) is 1. The third-order valence-corrected chi connectivity index (χ3v) is 3.06. The number of hydrogen-bond acceptors (Lipinski definition) is 2. The van der Waals surface area contributed by atoms with Crippen LogP contribution in [0.1, 0.15) is 0 Å². The molecule has 0 bridgehead atoms. The Labute approximate surface area is 108 Å². The Morgan fingerprint density at radius 2 is 1.76 bits per heavy atom. The molecule has 0 aliphatic rings. The molecule has 2 aromatic rings. The van der Waals surface area contributed by atoms with E-state index < -0.39 is 0 Å². The topological polar surface area (TPSA) is 29.3 Å². The van der Waals surface area contributed by atoms with Crippen molar-refractivity contribution in [3.8, 4) is 0 Å². The molecule has 0 atom stereocenters. The van der Waals surface area contributed by atoms with Crippen LogP contribution in [0.5, 0.6) is 0 Å². The Bertz CT molecular complexity index is 525. The molecule has 0 saturated carbocycles. The van der Waals surface area contributed by atoms with Gasteiger partial charge >= 0.3 is 0 Å². The second-order valence-corrected chi connectivity index (χ2v) is 4.65. The van der Waals surface area contributed by atoms with Gasteiger partial charge in [0.15, 0.2) is 0 Å². The van der Waals surface area contributed by atoms with Gasteiger partial charge in [0, 0.05) is 17.2 Å². The molecule has 0 fully saturated rings. The second-order valence-electron chi connectivity index (χ2n) is 3.74. The van der Waals surface area contributed by atoms with Gasteiger partial charge in [0.25, 0.3) is 0 Å². The van der Waals surface area contributed by atoms with Crippen LogP contribution in [-0.2, 0) is 0 Å². The Hall–Kier alpha value is -1.55. The zero-order valence-electron chi connectivity index (χ0n) is 9.32. The maximum Gasteiger partial charge on any atom is 0.123 e. The summed E-state index contributed by atoms with van der Waals surface area (Å²) in [5, 5.41) is 0. The number of rotatable bonds is 2. The van der Waals surface area contributed by atoms with Gasteiger partial charge in [-0.1, -0.05) is 15.9 Å². The van der Waals surface area contributed by atoms with Gasteiger partial charge in [-0.25, -0.2) is 4.39 Å². The van der Waals surface area contributed by atoms with Crippen molar-refractivity contribution >= 4 is 33.0 Å². The first-order valence-corrected chi connectivity index (χ1v) is 5.91. The largest absolute Gasteiger partial charge is 0.397 e. The predicted octanol–water partition coefficient (Wildman–Crippen LogP) is 3.94. The van der Waals surface area contributed by atoms with Crippen molar-refractivity contribution in [2.45, 2.75) is 0 Å². The summed E-state index contributed by atoms with van der Waals surface area (Å²) in [6, 6.07) is 12.0. The van der Waals surface area contributed by atoms with Crippen molar-refractivity contribution in [1.29, 1.82) is 0 Å². The number of hydrogen-bond donors (Lipinski definition) is 1. The summed E-state index contributed by atoms with van der Waals surface area (Å²) in [4.78, 5) is 1.92. The van der Waals surface area contributed by atoms with Crippen LogP contribution in [0.4, 0.5) is 21.5 Å². The van der Waals surface area contributed by atoms with Gasteiger partial charge in [0.05, 0.1) is 11.4 Å². The molecule has 0 saturated heterocycles. The molecule has 0 unspecified atom stereocenters. The number of nitrogen functional groups attached to an aromatic ring is 1. The van der Waals surface area contributed by atoms with Crippen molar-refractivity contribution in [2.75, 3.05) is 17.7 Å². The minimum Gasteiger partial charge on any atom is -0.397 e. The molecule has 0 aliphatic carbocycles. The molecule has 0 amide bonds. The highest BCUT2D eigenvalue weighted by Crippen LogP contribution is 2.30. The van der Waals surface area contributed by atoms with Gasteiger partial charge in [-0.15, -0.1) is 0 Å². The van der Waals surface area contributed by atoms with Crippen LogP contribution in [0.2, 0.25) is 0 Å². The van der Waals surface area contributed by atoms with E-state index in [2.05, 4.69) is 15.9 Å². The van der Waals surface area contributed by atoms with E-state index in [0.29, 0.717) is 5.69 Å². The molecule has 17 heavy (non-hydrogen) atoms. The highest BCUT2D eigenvalue weighted by atomic mass is 79.9.